The van der Waals surface area contributed by atoms with Crippen LogP contribution in [0.25, 0.3) is 5.78 Å². The van der Waals surface area contributed by atoms with Crippen LogP contribution in [0.3, 0.4) is 0 Å². The molecule has 0 aromatic carbocycles. The lowest BCUT2D eigenvalue weighted by Gasteiger charge is -2.22. The number of hydrogen-bond acceptors (Lipinski definition) is 5. The number of halogens is 1. The van der Waals surface area contributed by atoms with Crippen LogP contribution in [0.15, 0.2) is 12.4 Å². The Balaban J connectivity index is 1.75. The van der Waals surface area contributed by atoms with Gasteiger partial charge in [-0.25, -0.2) is 0 Å². The first-order valence-electron chi connectivity index (χ1n) is 5.93. The molecule has 6 nitrogen and oxygen atoms in total. The molecule has 1 aliphatic rings. The lowest BCUT2D eigenvalue weighted by molar-refractivity contribution is -0.0123. The van der Waals surface area contributed by atoms with Gasteiger partial charge in [-0.1, -0.05) is 11.6 Å². The van der Waals surface area contributed by atoms with Gasteiger partial charge in [0.05, 0.1) is 6.10 Å². The minimum atomic E-state index is 0.143. The van der Waals surface area contributed by atoms with Gasteiger partial charge >= 0.3 is 0 Å². The van der Waals surface area contributed by atoms with Crippen LogP contribution in [0.2, 0.25) is 5.15 Å². The summed E-state index contributed by atoms with van der Waals surface area (Å²) in [6.45, 7) is 1.30. The zero-order valence-corrected chi connectivity index (χ0v) is 10.5. The predicted octanol–water partition coefficient (Wildman–Crippen LogP) is 1.73. The minimum absolute atomic E-state index is 0.143. The number of aromatic nitrogens is 4. The molecule has 0 bridgehead atoms. The second-order valence-corrected chi connectivity index (χ2v) is 4.58. The monoisotopic (exact) mass is 268 g/mol. The molecular formula is C11H13ClN4O2. The van der Waals surface area contributed by atoms with Crippen LogP contribution >= 0.6 is 11.6 Å². The lowest BCUT2D eigenvalue weighted by Crippen LogP contribution is -2.26. The Bertz CT molecular complexity index is 539. The van der Waals surface area contributed by atoms with Crippen LogP contribution < -0.4 is 4.74 Å². The van der Waals surface area contributed by atoms with E-state index < -0.39 is 0 Å². The third-order valence-electron chi connectivity index (χ3n) is 2.88. The molecule has 96 valence electrons. The standard InChI is InChI=1S/C11H13ClN4O2/c12-9-5-10(16-11(15-9)13-7-14-16)18-6-8-3-1-2-4-17-8/h5,7-8H,1-4,6H2. The molecule has 1 saturated heterocycles. The van der Waals surface area contributed by atoms with Crippen molar-refractivity contribution in [2.24, 2.45) is 0 Å². The highest BCUT2D eigenvalue weighted by Gasteiger charge is 2.16. The zero-order valence-electron chi connectivity index (χ0n) is 9.75. The second-order valence-electron chi connectivity index (χ2n) is 4.19. The first kappa shape index (κ1) is 11.7. The molecule has 3 heterocycles. The van der Waals surface area contributed by atoms with E-state index >= 15 is 0 Å². The number of nitrogens with zero attached hydrogens (tertiary/aromatic N) is 4. The van der Waals surface area contributed by atoms with Crippen LogP contribution in [-0.4, -0.2) is 38.9 Å². The summed E-state index contributed by atoms with van der Waals surface area (Å²) in [5, 5.41) is 4.38. The summed E-state index contributed by atoms with van der Waals surface area (Å²) in [5.74, 6) is 0.971. The van der Waals surface area contributed by atoms with E-state index in [1.165, 1.54) is 17.3 Å². The predicted molar refractivity (Wildman–Crippen MR) is 64.9 cm³/mol. The number of hydrogen-bond donors (Lipinski definition) is 0. The quantitative estimate of drug-likeness (QED) is 0.794. The van der Waals surface area contributed by atoms with Crippen molar-refractivity contribution in [1.29, 1.82) is 0 Å². The molecule has 0 radical (unpaired) electrons. The molecule has 2 aromatic heterocycles. The van der Waals surface area contributed by atoms with Crippen LogP contribution in [-0.2, 0) is 4.74 Å². The Labute approximate surface area is 109 Å². The molecule has 18 heavy (non-hydrogen) atoms. The largest absolute Gasteiger partial charge is 0.475 e. The van der Waals surface area contributed by atoms with E-state index in [2.05, 4.69) is 15.1 Å². The molecule has 1 fully saturated rings. The van der Waals surface area contributed by atoms with Gasteiger partial charge in [-0.15, -0.1) is 0 Å². The van der Waals surface area contributed by atoms with Crippen molar-refractivity contribution >= 4 is 17.4 Å². The molecule has 2 aromatic rings. The number of ether oxygens (including phenoxy) is 2. The molecule has 1 aliphatic heterocycles. The van der Waals surface area contributed by atoms with E-state index in [1.807, 2.05) is 0 Å². The van der Waals surface area contributed by atoms with Gasteiger partial charge in [0.15, 0.2) is 0 Å². The Morgan fingerprint density at radius 2 is 2.44 bits per heavy atom. The van der Waals surface area contributed by atoms with Gasteiger partial charge in [-0.3, -0.25) is 0 Å². The highest BCUT2D eigenvalue weighted by molar-refractivity contribution is 6.29. The summed E-state index contributed by atoms with van der Waals surface area (Å²) >= 11 is 5.90. The van der Waals surface area contributed by atoms with Crippen molar-refractivity contribution in [2.45, 2.75) is 25.4 Å². The molecule has 0 amide bonds. The summed E-state index contributed by atoms with van der Waals surface area (Å²) in [5.41, 5.74) is 0. The minimum Gasteiger partial charge on any atom is -0.475 e. The van der Waals surface area contributed by atoms with E-state index in [4.69, 9.17) is 21.1 Å². The van der Waals surface area contributed by atoms with E-state index in [9.17, 15) is 0 Å². The van der Waals surface area contributed by atoms with Crippen molar-refractivity contribution in [3.05, 3.63) is 17.5 Å². The van der Waals surface area contributed by atoms with Crippen molar-refractivity contribution < 1.29 is 9.47 Å². The zero-order chi connectivity index (χ0) is 12.4. The van der Waals surface area contributed by atoms with Crippen molar-refractivity contribution in [3.63, 3.8) is 0 Å². The van der Waals surface area contributed by atoms with Gasteiger partial charge < -0.3 is 9.47 Å². The van der Waals surface area contributed by atoms with Gasteiger partial charge in [0.2, 0.25) is 5.88 Å². The molecule has 7 heteroatoms. The van der Waals surface area contributed by atoms with Gasteiger partial charge in [0, 0.05) is 12.7 Å². The molecule has 1 atom stereocenters. The number of rotatable bonds is 3. The van der Waals surface area contributed by atoms with E-state index in [0.29, 0.717) is 23.4 Å². The van der Waals surface area contributed by atoms with E-state index in [1.54, 1.807) is 6.07 Å². The van der Waals surface area contributed by atoms with Gasteiger partial charge in [0.25, 0.3) is 5.78 Å². The summed E-state index contributed by atoms with van der Waals surface area (Å²) in [7, 11) is 0. The fourth-order valence-electron chi connectivity index (χ4n) is 1.98. The van der Waals surface area contributed by atoms with Gasteiger partial charge in [-0.05, 0) is 19.3 Å². The highest BCUT2D eigenvalue weighted by atomic mass is 35.5. The Kier molecular flexibility index (Phi) is 3.29. The molecule has 0 saturated carbocycles. The van der Waals surface area contributed by atoms with Crippen molar-refractivity contribution in [2.75, 3.05) is 13.2 Å². The van der Waals surface area contributed by atoms with Crippen LogP contribution in [0, 0.1) is 0 Å². The van der Waals surface area contributed by atoms with E-state index in [0.717, 1.165) is 19.4 Å². The summed E-state index contributed by atoms with van der Waals surface area (Å²) in [4.78, 5) is 8.01. The Hall–Kier alpha value is -1.40. The fraction of sp³-hybridized carbons (Fsp3) is 0.545. The van der Waals surface area contributed by atoms with Crippen molar-refractivity contribution in [1.82, 2.24) is 19.6 Å². The van der Waals surface area contributed by atoms with E-state index in [-0.39, 0.29) is 6.10 Å². The SMILES string of the molecule is Clc1cc(OCC2CCCCO2)n2ncnc2n1. The maximum atomic E-state index is 5.90. The average molecular weight is 269 g/mol. The normalized spacial score (nSPS) is 20.2. The number of fused-ring (bicyclic) bond motifs is 1. The Morgan fingerprint density at radius 3 is 3.28 bits per heavy atom. The Morgan fingerprint density at radius 1 is 1.50 bits per heavy atom. The second kappa shape index (κ2) is 5.07. The maximum Gasteiger partial charge on any atom is 0.256 e. The third kappa shape index (κ3) is 2.39. The van der Waals surface area contributed by atoms with Crippen LogP contribution in [0.4, 0.5) is 0 Å². The average Bonchev–Trinajstić information content (AvgIpc) is 2.85. The van der Waals surface area contributed by atoms with Crippen LogP contribution in [0.1, 0.15) is 19.3 Å². The first-order valence-corrected chi connectivity index (χ1v) is 6.31. The first-order chi connectivity index (χ1) is 8.83. The fourth-order valence-corrected chi connectivity index (χ4v) is 2.15. The summed E-state index contributed by atoms with van der Waals surface area (Å²) in [6, 6.07) is 1.63. The summed E-state index contributed by atoms with van der Waals surface area (Å²) in [6.07, 6.45) is 4.90. The molecular weight excluding hydrogens is 256 g/mol. The van der Waals surface area contributed by atoms with Gasteiger partial charge in [-0.2, -0.15) is 19.6 Å². The summed E-state index contributed by atoms with van der Waals surface area (Å²) < 4.78 is 12.8. The topological polar surface area (TPSA) is 61.5 Å². The lowest BCUT2D eigenvalue weighted by atomic mass is 10.1. The van der Waals surface area contributed by atoms with Gasteiger partial charge in [0.1, 0.15) is 18.1 Å². The molecule has 3 rings (SSSR count). The van der Waals surface area contributed by atoms with Crippen molar-refractivity contribution in [3.8, 4) is 5.88 Å². The highest BCUT2D eigenvalue weighted by Crippen LogP contribution is 2.19. The maximum absolute atomic E-state index is 5.90. The molecule has 0 spiro atoms. The molecule has 0 N–H and O–H groups in total. The smallest absolute Gasteiger partial charge is 0.256 e. The molecule has 1 unspecified atom stereocenters. The van der Waals surface area contributed by atoms with Crippen LogP contribution in [0.5, 0.6) is 5.88 Å². The third-order valence-corrected chi connectivity index (χ3v) is 3.07. The molecule has 0 aliphatic carbocycles.